The topological polar surface area (TPSA) is 82.0 Å². The molecule has 2 amide bonds. The molecule has 1 aromatic rings. The number of hydrazone groups is 1. The van der Waals surface area contributed by atoms with Crippen LogP contribution in [-0.2, 0) is 11.2 Å². The highest BCUT2D eigenvalue weighted by molar-refractivity contribution is 7.81. The minimum absolute atomic E-state index is 0.174. The van der Waals surface area contributed by atoms with E-state index in [0.29, 0.717) is 12.1 Å². The van der Waals surface area contributed by atoms with Crippen molar-refractivity contribution < 1.29 is 14.7 Å². The molecule has 0 aromatic heterocycles. The van der Waals surface area contributed by atoms with Crippen LogP contribution in [0.2, 0.25) is 0 Å². The number of carbonyl (C=O) groups is 2. The van der Waals surface area contributed by atoms with E-state index in [4.69, 9.17) is 0 Å². The van der Waals surface area contributed by atoms with Crippen molar-refractivity contribution >= 4 is 36.0 Å². The summed E-state index contributed by atoms with van der Waals surface area (Å²) in [7, 11) is 0. The van der Waals surface area contributed by atoms with Crippen molar-refractivity contribution in [1.82, 2.24) is 5.43 Å². The Morgan fingerprint density at radius 3 is 2.42 bits per heavy atom. The van der Waals surface area contributed by atoms with Crippen molar-refractivity contribution in [3.05, 3.63) is 29.3 Å². The molecule has 0 saturated heterocycles. The molecule has 2 rings (SSSR count). The van der Waals surface area contributed by atoms with Gasteiger partial charge in [-0.05, 0) is 51.3 Å². The lowest BCUT2D eigenvalue weighted by molar-refractivity contribution is -0.121. The average Bonchev–Trinajstić information content (AvgIpc) is 2.83. The van der Waals surface area contributed by atoms with E-state index < -0.39 is 11.6 Å². The van der Waals surface area contributed by atoms with Crippen molar-refractivity contribution in [3.63, 3.8) is 0 Å². The van der Waals surface area contributed by atoms with E-state index in [1.54, 1.807) is 6.07 Å². The molecule has 26 heavy (non-hydrogen) atoms. The minimum atomic E-state index is -0.981. The van der Waals surface area contributed by atoms with Gasteiger partial charge in [0.2, 0.25) is 5.91 Å². The molecule has 0 unspecified atom stereocenters. The maximum absolute atomic E-state index is 11.9. The number of fused-ring (bicyclic) bond motifs is 1. The third-order valence-corrected chi connectivity index (χ3v) is 4.22. The van der Waals surface area contributed by atoms with Crippen LogP contribution in [0.15, 0.2) is 23.3 Å². The van der Waals surface area contributed by atoms with Gasteiger partial charge >= 0.3 is 6.09 Å². The van der Waals surface area contributed by atoms with Crippen molar-refractivity contribution in [2.24, 2.45) is 5.10 Å². The fourth-order valence-corrected chi connectivity index (χ4v) is 3.20. The molecule has 142 valence electrons. The van der Waals surface area contributed by atoms with E-state index >= 15 is 0 Å². The average molecular weight is 378 g/mol. The highest BCUT2D eigenvalue weighted by Crippen LogP contribution is 2.30. The predicted molar refractivity (Wildman–Crippen MR) is 107 cm³/mol. The Labute approximate surface area is 160 Å². The second-order valence-electron chi connectivity index (χ2n) is 8.21. The molecule has 7 heteroatoms. The molecule has 1 aliphatic rings. The molecule has 1 aromatic carbocycles. The molecule has 2 N–H and O–H groups in total. The van der Waals surface area contributed by atoms with Crippen LogP contribution in [0.5, 0.6) is 0 Å². The first kappa shape index (κ1) is 20.3. The summed E-state index contributed by atoms with van der Waals surface area (Å²) in [6.45, 7) is 9.33. The number of anilines is 1. The molecule has 0 atom stereocenters. The van der Waals surface area contributed by atoms with Gasteiger partial charge in [0.15, 0.2) is 0 Å². The molecule has 0 radical (unpaired) electrons. The lowest BCUT2D eigenvalue weighted by atomic mass is 10.0. The molecule has 0 fully saturated rings. The van der Waals surface area contributed by atoms with E-state index in [-0.39, 0.29) is 17.1 Å². The number of nitrogens with one attached hydrogen (secondary N) is 1. The van der Waals surface area contributed by atoms with E-state index in [2.05, 4.69) is 23.2 Å². The summed E-state index contributed by atoms with van der Waals surface area (Å²) < 4.78 is -0.389. The quantitative estimate of drug-likeness (QED) is 0.551. The van der Waals surface area contributed by atoms with Crippen LogP contribution in [0.1, 0.15) is 58.6 Å². The van der Waals surface area contributed by atoms with Crippen molar-refractivity contribution in [2.45, 2.75) is 64.2 Å². The number of hydrogen-bond acceptors (Lipinski definition) is 4. The van der Waals surface area contributed by atoms with Gasteiger partial charge in [0.1, 0.15) is 0 Å². The van der Waals surface area contributed by atoms with Gasteiger partial charge in [-0.25, -0.2) is 10.2 Å². The van der Waals surface area contributed by atoms with E-state index in [1.807, 2.05) is 46.8 Å². The molecule has 6 nitrogen and oxygen atoms in total. The number of thiol groups is 1. The SMILES string of the molecule is CC(C)(S)CC(=O)NN=C1CCc2cc(N(C(=O)O)C(C)(C)C)ccc21. The summed E-state index contributed by atoms with van der Waals surface area (Å²) in [6.07, 6.45) is 0.781. The number of aryl methyl sites for hydroxylation is 1. The zero-order valence-corrected chi connectivity index (χ0v) is 16.9. The molecule has 0 spiro atoms. The molecule has 0 saturated carbocycles. The van der Waals surface area contributed by atoms with Crippen LogP contribution in [0, 0.1) is 0 Å². The van der Waals surface area contributed by atoms with Crippen LogP contribution < -0.4 is 10.3 Å². The molecule has 0 bridgehead atoms. The van der Waals surface area contributed by atoms with E-state index in [0.717, 1.165) is 23.3 Å². The summed E-state index contributed by atoms with van der Waals surface area (Å²) in [5.41, 5.74) is 5.52. The maximum atomic E-state index is 11.9. The number of carbonyl (C=O) groups excluding carboxylic acids is 1. The zero-order valence-electron chi connectivity index (χ0n) is 16.0. The Balaban J connectivity index is 2.21. The summed E-state index contributed by atoms with van der Waals surface area (Å²) in [5, 5.41) is 13.8. The number of hydrogen-bond donors (Lipinski definition) is 3. The van der Waals surface area contributed by atoms with Crippen LogP contribution >= 0.6 is 12.6 Å². The lowest BCUT2D eigenvalue weighted by Gasteiger charge is -2.33. The zero-order chi connectivity index (χ0) is 19.7. The van der Waals surface area contributed by atoms with Gasteiger partial charge in [0.05, 0.1) is 5.71 Å². The number of amides is 2. The van der Waals surface area contributed by atoms with E-state index in [9.17, 15) is 14.7 Å². The monoisotopic (exact) mass is 377 g/mol. The predicted octanol–water partition coefficient (Wildman–Crippen LogP) is 3.83. The summed E-state index contributed by atoms with van der Waals surface area (Å²) >= 11 is 4.35. The Bertz CT molecular complexity index is 745. The fourth-order valence-electron chi connectivity index (χ4n) is 3.06. The number of rotatable bonds is 4. The van der Waals surface area contributed by atoms with E-state index in [1.165, 1.54) is 4.90 Å². The molecule has 1 aliphatic carbocycles. The first-order chi connectivity index (χ1) is 11.9. The maximum Gasteiger partial charge on any atom is 0.412 e. The van der Waals surface area contributed by atoms with Crippen molar-refractivity contribution in [1.29, 1.82) is 0 Å². The number of nitrogens with zero attached hydrogens (tertiary/aromatic N) is 2. The Hall–Kier alpha value is -2.02. The highest BCUT2D eigenvalue weighted by Gasteiger charge is 2.29. The van der Waals surface area contributed by atoms with Gasteiger partial charge in [0, 0.05) is 28.0 Å². The summed E-state index contributed by atoms with van der Waals surface area (Å²) in [6, 6.07) is 5.57. The second-order valence-corrected chi connectivity index (χ2v) is 9.42. The smallest absolute Gasteiger partial charge is 0.412 e. The minimum Gasteiger partial charge on any atom is -0.465 e. The van der Waals surface area contributed by atoms with Gasteiger partial charge < -0.3 is 5.11 Å². The van der Waals surface area contributed by atoms with Gasteiger partial charge in [-0.1, -0.05) is 19.9 Å². The highest BCUT2D eigenvalue weighted by atomic mass is 32.1. The Morgan fingerprint density at radius 1 is 1.23 bits per heavy atom. The standard InChI is InChI=1S/C19H27N3O3S/c1-18(2,3)22(17(24)25)13-7-8-14-12(10-13)6-9-15(14)20-21-16(23)11-19(4,5)26/h7-8,10,26H,6,9,11H2,1-5H3,(H,21,23)(H,24,25). The van der Waals surface area contributed by atoms with Gasteiger partial charge in [0.25, 0.3) is 0 Å². The molecule has 0 aliphatic heterocycles. The van der Waals surface area contributed by atoms with Crippen LogP contribution in [-0.4, -0.2) is 33.1 Å². The first-order valence-electron chi connectivity index (χ1n) is 8.63. The third kappa shape index (κ3) is 5.00. The van der Waals surface area contributed by atoms with Crippen LogP contribution in [0.25, 0.3) is 0 Å². The normalized spacial score (nSPS) is 15.7. The summed E-state index contributed by atoms with van der Waals surface area (Å²) in [4.78, 5) is 24.9. The van der Waals surface area contributed by atoms with Crippen LogP contribution in [0.3, 0.4) is 0 Å². The summed E-state index contributed by atoms with van der Waals surface area (Å²) in [5.74, 6) is -0.174. The Morgan fingerprint density at radius 2 is 1.88 bits per heavy atom. The molecular weight excluding hydrogens is 350 g/mol. The van der Waals surface area contributed by atoms with Gasteiger partial charge in [-0.2, -0.15) is 17.7 Å². The fraction of sp³-hybridized carbons (Fsp3) is 0.526. The first-order valence-corrected chi connectivity index (χ1v) is 9.07. The number of benzene rings is 1. The largest absolute Gasteiger partial charge is 0.465 e. The van der Waals surface area contributed by atoms with Gasteiger partial charge in [-0.15, -0.1) is 0 Å². The van der Waals surface area contributed by atoms with Crippen molar-refractivity contribution in [2.75, 3.05) is 4.90 Å². The van der Waals surface area contributed by atoms with Crippen LogP contribution in [0.4, 0.5) is 10.5 Å². The third-order valence-electron chi connectivity index (χ3n) is 4.06. The molecule has 0 heterocycles. The Kier molecular flexibility index (Phi) is 5.70. The molecular formula is C19H27N3O3S. The number of carboxylic acid groups (broad SMARTS) is 1. The lowest BCUT2D eigenvalue weighted by Crippen LogP contribution is -2.45. The van der Waals surface area contributed by atoms with Gasteiger partial charge in [-0.3, -0.25) is 9.69 Å². The van der Waals surface area contributed by atoms with Crippen molar-refractivity contribution in [3.8, 4) is 0 Å². The second kappa shape index (κ2) is 7.31.